The third-order valence-electron chi connectivity index (χ3n) is 3.15. The van der Waals surface area contributed by atoms with Gasteiger partial charge in [-0.15, -0.1) is 0 Å². The SMILES string of the molecule is CC(CCNC(CC(F)(F)F)c1ccccc1)S(C)=O. The first-order valence-corrected chi connectivity index (χ1v) is 8.09. The standard InChI is InChI=1S/C14H20F3NOS/c1-11(20(2)19)8-9-18-13(10-14(15,16)17)12-6-4-3-5-7-12/h3-7,11,13,18H,8-10H2,1-2H3. The van der Waals surface area contributed by atoms with Crippen LogP contribution in [0.3, 0.4) is 0 Å². The van der Waals surface area contributed by atoms with Gasteiger partial charge in [-0.2, -0.15) is 13.2 Å². The molecule has 0 aliphatic carbocycles. The second-order valence-corrected chi connectivity index (χ2v) is 6.64. The molecule has 6 heteroatoms. The fraction of sp³-hybridized carbons (Fsp3) is 0.571. The quantitative estimate of drug-likeness (QED) is 0.836. The van der Waals surface area contributed by atoms with Crippen LogP contribution in [-0.2, 0) is 10.8 Å². The summed E-state index contributed by atoms with van der Waals surface area (Å²) in [6.45, 7) is 2.25. The number of alkyl halides is 3. The average molecular weight is 307 g/mol. The molecular weight excluding hydrogens is 287 g/mol. The Morgan fingerprint density at radius 3 is 2.35 bits per heavy atom. The van der Waals surface area contributed by atoms with Crippen molar-refractivity contribution in [2.24, 2.45) is 0 Å². The van der Waals surface area contributed by atoms with Crippen molar-refractivity contribution in [3.8, 4) is 0 Å². The summed E-state index contributed by atoms with van der Waals surface area (Å²) in [5.74, 6) is 0. The third kappa shape index (κ3) is 6.52. The lowest BCUT2D eigenvalue weighted by atomic mass is 10.0. The molecule has 0 saturated carbocycles. The molecule has 0 amide bonds. The van der Waals surface area contributed by atoms with Crippen LogP contribution in [0.25, 0.3) is 0 Å². The van der Waals surface area contributed by atoms with Gasteiger partial charge in [0.15, 0.2) is 0 Å². The highest BCUT2D eigenvalue weighted by Gasteiger charge is 2.32. The maximum Gasteiger partial charge on any atom is 0.390 e. The van der Waals surface area contributed by atoms with Gasteiger partial charge in [-0.1, -0.05) is 37.3 Å². The van der Waals surface area contributed by atoms with E-state index in [-0.39, 0.29) is 5.25 Å². The number of benzene rings is 1. The second-order valence-electron chi connectivity index (χ2n) is 4.83. The smallest absolute Gasteiger partial charge is 0.310 e. The van der Waals surface area contributed by atoms with Crippen LogP contribution in [0.2, 0.25) is 0 Å². The predicted molar refractivity (Wildman–Crippen MR) is 76.0 cm³/mol. The van der Waals surface area contributed by atoms with Crippen LogP contribution in [0.5, 0.6) is 0 Å². The molecule has 0 spiro atoms. The normalized spacial score (nSPS) is 16.6. The molecule has 1 aromatic carbocycles. The van der Waals surface area contributed by atoms with Crippen LogP contribution in [0.4, 0.5) is 13.2 Å². The summed E-state index contributed by atoms with van der Waals surface area (Å²) in [6, 6.07) is 7.84. The van der Waals surface area contributed by atoms with Gasteiger partial charge in [-0.3, -0.25) is 4.21 Å². The zero-order valence-electron chi connectivity index (χ0n) is 11.6. The lowest BCUT2D eigenvalue weighted by Crippen LogP contribution is -2.29. The molecule has 0 radical (unpaired) electrons. The van der Waals surface area contributed by atoms with Gasteiger partial charge in [0.05, 0.1) is 6.42 Å². The molecule has 0 aromatic heterocycles. The molecule has 0 bridgehead atoms. The number of rotatable bonds is 7. The van der Waals surface area contributed by atoms with E-state index in [1.54, 1.807) is 36.6 Å². The first-order chi connectivity index (χ1) is 9.29. The van der Waals surface area contributed by atoms with Crippen molar-refractivity contribution in [3.05, 3.63) is 35.9 Å². The topological polar surface area (TPSA) is 29.1 Å². The Labute approximate surface area is 120 Å². The Kier molecular flexibility index (Phi) is 6.68. The van der Waals surface area contributed by atoms with Crippen molar-refractivity contribution in [1.82, 2.24) is 5.32 Å². The average Bonchev–Trinajstić information content (AvgIpc) is 2.37. The summed E-state index contributed by atoms with van der Waals surface area (Å²) in [6.07, 6.45) is -2.92. The molecule has 1 N–H and O–H groups in total. The predicted octanol–water partition coefficient (Wildman–Crippen LogP) is 3.43. The summed E-state index contributed by atoms with van der Waals surface area (Å²) < 4.78 is 49.1. The Morgan fingerprint density at radius 1 is 1.25 bits per heavy atom. The molecule has 0 aliphatic rings. The van der Waals surface area contributed by atoms with Gasteiger partial charge < -0.3 is 5.32 Å². The lowest BCUT2D eigenvalue weighted by Gasteiger charge is -2.21. The molecule has 114 valence electrons. The minimum absolute atomic E-state index is 0.0233. The van der Waals surface area contributed by atoms with Crippen molar-refractivity contribution >= 4 is 10.8 Å². The van der Waals surface area contributed by atoms with Gasteiger partial charge in [0.25, 0.3) is 0 Å². The zero-order chi connectivity index (χ0) is 15.2. The summed E-state index contributed by atoms with van der Waals surface area (Å²) in [4.78, 5) is 0. The second kappa shape index (κ2) is 7.78. The van der Waals surface area contributed by atoms with Crippen molar-refractivity contribution in [2.75, 3.05) is 12.8 Å². The molecule has 3 unspecified atom stereocenters. The highest BCUT2D eigenvalue weighted by molar-refractivity contribution is 7.84. The third-order valence-corrected chi connectivity index (χ3v) is 4.51. The Balaban J connectivity index is 2.62. The van der Waals surface area contributed by atoms with E-state index in [1.807, 2.05) is 6.92 Å². The van der Waals surface area contributed by atoms with E-state index in [4.69, 9.17) is 0 Å². The van der Waals surface area contributed by atoms with E-state index in [0.717, 1.165) is 0 Å². The maximum atomic E-state index is 12.6. The fourth-order valence-corrected chi connectivity index (χ4v) is 2.30. The number of halogens is 3. The molecule has 1 rings (SSSR count). The number of nitrogens with one attached hydrogen (secondary N) is 1. The molecule has 1 aromatic rings. The highest BCUT2D eigenvalue weighted by atomic mass is 32.2. The zero-order valence-corrected chi connectivity index (χ0v) is 12.4. The van der Waals surface area contributed by atoms with Crippen molar-refractivity contribution in [2.45, 2.75) is 37.2 Å². The van der Waals surface area contributed by atoms with Gasteiger partial charge in [0.1, 0.15) is 0 Å². The molecular formula is C14H20F3NOS. The van der Waals surface area contributed by atoms with E-state index in [2.05, 4.69) is 5.32 Å². The highest BCUT2D eigenvalue weighted by Crippen LogP contribution is 2.29. The van der Waals surface area contributed by atoms with Crippen LogP contribution < -0.4 is 5.32 Å². The largest absolute Gasteiger partial charge is 0.390 e. The monoisotopic (exact) mass is 307 g/mol. The van der Waals surface area contributed by atoms with Crippen molar-refractivity contribution in [3.63, 3.8) is 0 Å². The van der Waals surface area contributed by atoms with Crippen LogP contribution in [0.1, 0.15) is 31.4 Å². The lowest BCUT2D eigenvalue weighted by molar-refractivity contribution is -0.140. The van der Waals surface area contributed by atoms with Crippen molar-refractivity contribution < 1.29 is 17.4 Å². The first-order valence-electron chi connectivity index (χ1n) is 6.47. The molecule has 0 saturated heterocycles. The molecule has 0 fully saturated rings. The van der Waals surface area contributed by atoms with Gasteiger partial charge in [-0.25, -0.2) is 0 Å². The summed E-state index contributed by atoms with van der Waals surface area (Å²) in [5.41, 5.74) is 0.620. The van der Waals surface area contributed by atoms with E-state index >= 15 is 0 Å². The fourth-order valence-electron chi connectivity index (χ4n) is 1.85. The van der Waals surface area contributed by atoms with Gasteiger partial charge in [0, 0.05) is 28.3 Å². The van der Waals surface area contributed by atoms with E-state index in [0.29, 0.717) is 18.5 Å². The van der Waals surface area contributed by atoms with E-state index in [1.165, 1.54) is 0 Å². The van der Waals surface area contributed by atoms with Gasteiger partial charge in [0.2, 0.25) is 0 Å². The first kappa shape index (κ1) is 17.2. The number of hydrogen-bond acceptors (Lipinski definition) is 2. The Morgan fingerprint density at radius 2 is 1.85 bits per heavy atom. The Bertz CT molecular complexity index is 422. The van der Waals surface area contributed by atoms with Crippen LogP contribution in [0, 0.1) is 0 Å². The van der Waals surface area contributed by atoms with Crippen LogP contribution in [0.15, 0.2) is 30.3 Å². The minimum atomic E-state index is -4.22. The minimum Gasteiger partial charge on any atom is -0.310 e. The van der Waals surface area contributed by atoms with Crippen molar-refractivity contribution in [1.29, 1.82) is 0 Å². The molecule has 3 atom stereocenters. The van der Waals surface area contributed by atoms with Crippen LogP contribution >= 0.6 is 0 Å². The molecule has 2 nitrogen and oxygen atoms in total. The number of hydrogen-bond donors (Lipinski definition) is 1. The molecule has 0 heterocycles. The van der Waals surface area contributed by atoms with Gasteiger partial charge in [-0.05, 0) is 18.5 Å². The van der Waals surface area contributed by atoms with Gasteiger partial charge >= 0.3 is 6.18 Å². The van der Waals surface area contributed by atoms with E-state index < -0.39 is 29.4 Å². The Hall–Kier alpha value is -0.880. The molecule has 0 aliphatic heterocycles. The molecule has 20 heavy (non-hydrogen) atoms. The summed E-state index contributed by atoms with van der Waals surface area (Å²) in [5, 5.41) is 2.90. The van der Waals surface area contributed by atoms with E-state index in [9.17, 15) is 17.4 Å². The summed E-state index contributed by atoms with van der Waals surface area (Å²) >= 11 is 0. The van der Waals surface area contributed by atoms with Crippen LogP contribution in [-0.4, -0.2) is 28.4 Å². The maximum absolute atomic E-state index is 12.6. The summed E-state index contributed by atoms with van der Waals surface area (Å²) in [7, 11) is -0.951.